The van der Waals surface area contributed by atoms with Gasteiger partial charge in [-0.1, -0.05) is 51.1 Å². The number of carbonyl (C=O) groups is 1. The highest BCUT2D eigenvalue weighted by molar-refractivity contribution is 7.89. The Morgan fingerprint density at radius 1 is 1.33 bits per heavy atom. The van der Waals surface area contributed by atoms with Crippen LogP contribution in [0.4, 0.5) is 4.79 Å². The topological polar surface area (TPSA) is 99.9 Å². The number of nitriles is 1. The second-order valence-corrected chi connectivity index (χ2v) is 10.6. The number of morpholine rings is 1. The fourth-order valence-electron chi connectivity index (χ4n) is 3.16. The molecule has 0 N–H and O–H groups in total. The molecule has 1 saturated heterocycles. The summed E-state index contributed by atoms with van der Waals surface area (Å²) in [6.45, 7) is 7.21. The van der Waals surface area contributed by atoms with Crippen LogP contribution in [0.25, 0.3) is 0 Å². The van der Waals surface area contributed by atoms with Crippen LogP contribution in [0.15, 0.2) is 30.3 Å². The van der Waals surface area contributed by atoms with Gasteiger partial charge in [-0.25, -0.2) is 17.5 Å². The molecule has 2 rings (SSSR count). The summed E-state index contributed by atoms with van der Waals surface area (Å²) in [5.41, 5.74) is 0.636. The Kier molecular flexibility index (Phi) is 8.65. The highest BCUT2D eigenvalue weighted by Crippen LogP contribution is 2.20. The van der Waals surface area contributed by atoms with Crippen molar-refractivity contribution < 1.29 is 22.7 Å². The lowest BCUT2D eigenvalue weighted by atomic mass is 9.97. The molecule has 1 fully saturated rings. The summed E-state index contributed by atoms with van der Waals surface area (Å²) in [4.78, 5) is 13.9. The Bertz CT molecular complexity index is 830. The molecular weight excluding hydrogens is 406 g/mol. The fourth-order valence-corrected chi connectivity index (χ4v) is 4.99. The third kappa shape index (κ3) is 7.94. The molecule has 0 saturated carbocycles. The SMILES string of the molecule is CC(C)(C)CN(CCC#N)S(=O)(=O)C[C@@H]1CN(C(=O)OCc2ccccc2)CCO1. The van der Waals surface area contributed by atoms with E-state index in [0.29, 0.717) is 13.1 Å². The number of ether oxygens (including phenoxy) is 2. The van der Waals surface area contributed by atoms with Crippen LogP contribution >= 0.6 is 0 Å². The molecule has 1 aliphatic heterocycles. The van der Waals surface area contributed by atoms with Gasteiger partial charge in [0, 0.05) is 26.1 Å². The van der Waals surface area contributed by atoms with E-state index in [1.54, 1.807) is 0 Å². The molecule has 30 heavy (non-hydrogen) atoms. The van der Waals surface area contributed by atoms with Gasteiger partial charge in [0.25, 0.3) is 0 Å². The minimum absolute atomic E-state index is 0.124. The van der Waals surface area contributed by atoms with Gasteiger partial charge in [-0.2, -0.15) is 5.26 Å². The van der Waals surface area contributed by atoms with E-state index in [1.165, 1.54) is 9.21 Å². The molecule has 1 aromatic carbocycles. The lowest BCUT2D eigenvalue weighted by Crippen LogP contribution is -2.50. The standard InChI is InChI=1S/C21H31N3O5S/c1-21(2,3)17-24(11-7-10-22)30(26,27)16-19-14-23(12-13-28-19)20(25)29-15-18-8-5-4-6-9-18/h4-6,8-9,19H,7,11-17H2,1-3H3/t19-/m0/s1. The average Bonchev–Trinajstić information content (AvgIpc) is 2.69. The summed E-state index contributed by atoms with van der Waals surface area (Å²) in [5.74, 6) is -0.239. The van der Waals surface area contributed by atoms with Crippen LogP contribution < -0.4 is 0 Å². The zero-order valence-corrected chi connectivity index (χ0v) is 18.7. The van der Waals surface area contributed by atoms with Crippen molar-refractivity contribution in [3.63, 3.8) is 0 Å². The molecule has 0 aromatic heterocycles. The van der Waals surface area contributed by atoms with Gasteiger partial charge in [-0.15, -0.1) is 0 Å². The summed E-state index contributed by atoms with van der Waals surface area (Å²) in [6, 6.07) is 11.4. The molecule has 0 aliphatic carbocycles. The van der Waals surface area contributed by atoms with E-state index in [0.717, 1.165) is 5.56 Å². The number of hydrogen-bond acceptors (Lipinski definition) is 6. The quantitative estimate of drug-likeness (QED) is 0.620. The largest absolute Gasteiger partial charge is 0.445 e. The zero-order chi connectivity index (χ0) is 22.2. The van der Waals surface area contributed by atoms with Crippen molar-refractivity contribution >= 4 is 16.1 Å². The van der Waals surface area contributed by atoms with Gasteiger partial charge in [-0.05, 0) is 11.0 Å². The van der Waals surface area contributed by atoms with Crippen LogP contribution in [0.2, 0.25) is 0 Å². The monoisotopic (exact) mass is 437 g/mol. The first kappa shape index (κ1) is 24.1. The van der Waals surface area contributed by atoms with Crippen molar-refractivity contribution in [1.29, 1.82) is 5.26 Å². The van der Waals surface area contributed by atoms with Crippen molar-refractivity contribution in [3.8, 4) is 6.07 Å². The molecule has 0 spiro atoms. The van der Waals surface area contributed by atoms with Crippen LogP contribution in [0.5, 0.6) is 0 Å². The van der Waals surface area contributed by atoms with Crippen LogP contribution in [0.3, 0.4) is 0 Å². The maximum Gasteiger partial charge on any atom is 0.410 e. The maximum atomic E-state index is 13.0. The Hall–Kier alpha value is -2.15. The van der Waals surface area contributed by atoms with Gasteiger partial charge in [0.05, 0.1) is 31.1 Å². The van der Waals surface area contributed by atoms with Gasteiger partial charge >= 0.3 is 6.09 Å². The zero-order valence-electron chi connectivity index (χ0n) is 17.9. The maximum absolute atomic E-state index is 13.0. The summed E-state index contributed by atoms with van der Waals surface area (Å²) >= 11 is 0. The van der Waals surface area contributed by atoms with Crippen LogP contribution in [-0.2, 0) is 26.1 Å². The van der Waals surface area contributed by atoms with Crippen molar-refractivity contribution in [3.05, 3.63) is 35.9 Å². The number of rotatable bonds is 8. The first-order valence-electron chi connectivity index (χ1n) is 10.0. The van der Waals surface area contributed by atoms with E-state index in [9.17, 15) is 13.2 Å². The van der Waals surface area contributed by atoms with Gasteiger partial charge < -0.3 is 14.4 Å². The number of carbonyl (C=O) groups excluding carboxylic acids is 1. The van der Waals surface area contributed by atoms with Crippen molar-refractivity contribution in [1.82, 2.24) is 9.21 Å². The van der Waals surface area contributed by atoms with E-state index >= 15 is 0 Å². The van der Waals surface area contributed by atoms with E-state index in [2.05, 4.69) is 0 Å². The minimum Gasteiger partial charge on any atom is -0.445 e. The van der Waals surface area contributed by atoms with E-state index < -0.39 is 22.2 Å². The molecule has 0 bridgehead atoms. The summed E-state index contributed by atoms with van der Waals surface area (Å²) in [7, 11) is -3.65. The van der Waals surface area contributed by atoms with Crippen LogP contribution in [-0.4, -0.2) is 68.4 Å². The molecule has 9 heteroatoms. The lowest BCUT2D eigenvalue weighted by molar-refractivity contribution is -0.0182. The summed E-state index contributed by atoms with van der Waals surface area (Å²) in [6.07, 6.45) is -1.00. The first-order chi connectivity index (χ1) is 14.1. The van der Waals surface area contributed by atoms with E-state index in [-0.39, 0.29) is 43.9 Å². The van der Waals surface area contributed by atoms with E-state index in [4.69, 9.17) is 14.7 Å². The summed E-state index contributed by atoms with van der Waals surface area (Å²) in [5, 5.41) is 8.88. The first-order valence-corrected chi connectivity index (χ1v) is 11.6. The number of amides is 1. The molecule has 0 unspecified atom stereocenters. The molecule has 0 radical (unpaired) electrons. The van der Waals surface area contributed by atoms with Gasteiger partial charge in [0.1, 0.15) is 6.61 Å². The molecule has 1 aromatic rings. The van der Waals surface area contributed by atoms with Crippen LogP contribution in [0.1, 0.15) is 32.8 Å². The molecule has 8 nitrogen and oxygen atoms in total. The fraction of sp³-hybridized carbons (Fsp3) is 0.619. The van der Waals surface area contributed by atoms with E-state index in [1.807, 2.05) is 57.2 Å². The summed E-state index contributed by atoms with van der Waals surface area (Å²) < 4.78 is 38.3. The molecule has 166 valence electrons. The van der Waals surface area contributed by atoms with Crippen molar-refractivity contribution in [2.24, 2.45) is 5.41 Å². The smallest absolute Gasteiger partial charge is 0.410 e. The number of sulfonamides is 1. The van der Waals surface area contributed by atoms with Crippen LogP contribution in [0, 0.1) is 16.7 Å². The van der Waals surface area contributed by atoms with Gasteiger partial charge in [0.15, 0.2) is 0 Å². The minimum atomic E-state index is -3.65. The predicted octanol–water partition coefficient (Wildman–Crippen LogP) is 2.62. The second kappa shape index (κ2) is 10.8. The lowest BCUT2D eigenvalue weighted by Gasteiger charge is -2.34. The van der Waals surface area contributed by atoms with Crippen molar-refractivity contribution in [2.45, 2.75) is 39.9 Å². The number of hydrogen-bond donors (Lipinski definition) is 0. The highest BCUT2D eigenvalue weighted by Gasteiger charge is 2.33. The molecule has 1 heterocycles. The Morgan fingerprint density at radius 3 is 2.67 bits per heavy atom. The molecule has 1 amide bonds. The van der Waals surface area contributed by atoms with Gasteiger partial charge in [-0.3, -0.25) is 0 Å². The second-order valence-electron chi connectivity index (χ2n) is 8.56. The normalized spacial score (nSPS) is 17.6. The average molecular weight is 438 g/mol. The third-order valence-corrected chi connectivity index (χ3v) is 6.41. The Labute approximate surface area is 179 Å². The highest BCUT2D eigenvalue weighted by atomic mass is 32.2. The predicted molar refractivity (Wildman–Crippen MR) is 113 cm³/mol. The Morgan fingerprint density at radius 2 is 2.03 bits per heavy atom. The Balaban J connectivity index is 1.96. The number of nitrogens with zero attached hydrogens (tertiary/aromatic N) is 3. The van der Waals surface area contributed by atoms with Crippen molar-refractivity contribution in [2.75, 3.05) is 38.5 Å². The molecule has 1 aliphatic rings. The molecule has 1 atom stereocenters. The third-order valence-electron chi connectivity index (χ3n) is 4.52. The van der Waals surface area contributed by atoms with Gasteiger partial charge in [0.2, 0.25) is 10.0 Å². The number of benzene rings is 1. The molecular formula is C21H31N3O5S.